The van der Waals surface area contributed by atoms with Gasteiger partial charge in [0.2, 0.25) is 0 Å². The van der Waals surface area contributed by atoms with Crippen LogP contribution in [0, 0.1) is 0 Å². The molecule has 104 valence electrons. The van der Waals surface area contributed by atoms with Gasteiger partial charge < -0.3 is 20.6 Å². The van der Waals surface area contributed by atoms with Gasteiger partial charge in [-0.2, -0.15) is 0 Å². The molecule has 20 heavy (non-hydrogen) atoms. The molecule has 2 aromatic rings. The zero-order valence-electron chi connectivity index (χ0n) is 10.2. The minimum absolute atomic E-state index is 0.0665. The van der Waals surface area contributed by atoms with Crippen molar-refractivity contribution in [2.75, 3.05) is 5.32 Å². The van der Waals surface area contributed by atoms with Crippen LogP contribution in [0.4, 0.5) is 5.69 Å². The molecule has 2 rings (SSSR count). The minimum Gasteiger partial charge on any atom is -0.478 e. The van der Waals surface area contributed by atoms with Crippen LogP contribution >= 0.6 is 15.9 Å². The maximum Gasteiger partial charge on any atom is 0.335 e. The van der Waals surface area contributed by atoms with E-state index in [9.17, 15) is 9.59 Å². The van der Waals surface area contributed by atoms with Crippen molar-refractivity contribution in [2.24, 2.45) is 5.73 Å². The molecule has 0 aliphatic rings. The van der Waals surface area contributed by atoms with Crippen LogP contribution in [0.1, 0.15) is 26.7 Å². The summed E-state index contributed by atoms with van der Waals surface area (Å²) in [4.78, 5) is 22.9. The van der Waals surface area contributed by atoms with Gasteiger partial charge in [-0.15, -0.1) is 0 Å². The molecule has 0 aliphatic carbocycles. The van der Waals surface area contributed by atoms with Crippen molar-refractivity contribution in [2.45, 2.75) is 6.54 Å². The zero-order chi connectivity index (χ0) is 14.7. The van der Waals surface area contributed by atoms with Gasteiger partial charge in [-0.25, -0.2) is 4.79 Å². The number of carbonyl (C=O) groups is 2. The summed E-state index contributed by atoms with van der Waals surface area (Å²) in [5.74, 6) is -0.942. The number of carboxylic acids is 1. The molecule has 0 bridgehead atoms. The Kier molecular flexibility index (Phi) is 4.21. The van der Waals surface area contributed by atoms with Crippen molar-refractivity contribution in [1.29, 1.82) is 0 Å². The summed E-state index contributed by atoms with van der Waals surface area (Å²) in [7, 11) is 0. The highest BCUT2D eigenvalue weighted by molar-refractivity contribution is 9.10. The van der Waals surface area contributed by atoms with Crippen molar-refractivity contribution >= 4 is 33.5 Å². The van der Waals surface area contributed by atoms with Crippen molar-refractivity contribution in [3.63, 3.8) is 0 Å². The molecule has 1 amide bonds. The normalized spacial score (nSPS) is 10.3. The van der Waals surface area contributed by atoms with E-state index >= 15 is 0 Å². The van der Waals surface area contributed by atoms with E-state index in [2.05, 4.69) is 21.2 Å². The number of aromatic carboxylic acids is 1. The molecule has 0 radical (unpaired) electrons. The molecule has 7 heteroatoms. The first-order valence-corrected chi connectivity index (χ1v) is 6.43. The molecule has 4 N–H and O–H groups in total. The summed E-state index contributed by atoms with van der Waals surface area (Å²) >= 11 is 3.19. The van der Waals surface area contributed by atoms with Crippen LogP contribution in [-0.2, 0) is 6.54 Å². The highest BCUT2D eigenvalue weighted by atomic mass is 79.9. The van der Waals surface area contributed by atoms with Crippen molar-refractivity contribution in [3.05, 3.63) is 51.9 Å². The fraction of sp³-hybridized carbons (Fsp3) is 0.0769. The Bertz CT molecular complexity index is 666. The predicted octanol–water partition coefficient (Wildman–Crippen LogP) is 2.45. The summed E-state index contributed by atoms with van der Waals surface area (Å²) in [5.41, 5.74) is 5.81. The Balaban J connectivity index is 2.21. The van der Waals surface area contributed by atoms with Crippen molar-refractivity contribution in [3.8, 4) is 0 Å². The highest BCUT2D eigenvalue weighted by Gasteiger charge is 2.13. The first-order chi connectivity index (χ1) is 9.49. The van der Waals surface area contributed by atoms with Crippen LogP contribution in [0.2, 0.25) is 0 Å². The number of nitrogens with one attached hydrogen (secondary N) is 1. The van der Waals surface area contributed by atoms with Gasteiger partial charge in [-0.1, -0.05) is 15.9 Å². The molecule has 0 atom stereocenters. The van der Waals surface area contributed by atoms with E-state index < -0.39 is 11.9 Å². The summed E-state index contributed by atoms with van der Waals surface area (Å²) in [6.07, 6.45) is 0. The molecule has 6 nitrogen and oxygen atoms in total. The summed E-state index contributed by atoms with van der Waals surface area (Å²) in [6.45, 7) is 0.202. The van der Waals surface area contributed by atoms with E-state index in [-0.39, 0.29) is 17.9 Å². The largest absolute Gasteiger partial charge is 0.478 e. The Hall–Kier alpha value is -2.12. The van der Waals surface area contributed by atoms with Gasteiger partial charge in [-0.3, -0.25) is 4.79 Å². The third-order valence-electron chi connectivity index (χ3n) is 2.49. The highest BCUT2D eigenvalue weighted by Crippen LogP contribution is 2.20. The van der Waals surface area contributed by atoms with E-state index in [1.165, 1.54) is 18.2 Å². The second kappa shape index (κ2) is 5.89. The molecule has 0 spiro atoms. The van der Waals surface area contributed by atoms with E-state index in [1.54, 1.807) is 12.1 Å². The monoisotopic (exact) mass is 338 g/mol. The Morgan fingerprint density at radius 2 is 2.05 bits per heavy atom. The fourth-order valence-electron chi connectivity index (χ4n) is 1.59. The van der Waals surface area contributed by atoms with Gasteiger partial charge >= 0.3 is 5.97 Å². The molecule has 1 aromatic heterocycles. The van der Waals surface area contributed by atoms with Gasteiger partial charge in [0.25, 0.3) is 5.91 Å². The summed E-state index contributed by atoms with van der Waals surface area (Å²) in [6, 6.07) is 7.51. The number of halogens is 1. The topological polar surface area (TPSA) is 106 Å². The van der Waals surface area contributed by atoms with Crippen LogP contribution < -0.4 is 11.1 Å². The fourth-order valence-corrected chi connectivity index (χ4v) is 2.08. The summed E-state index contributed by atoms with van der Waals surface area (Å²) in [5, 5.41) is 11.5. The zero-order valence-corrected chi connectivity index (χ0v) is 11.8. The molecular weight excluding hydrogens is 328 g/mol. The number of benzene rings is 1. The maximum absolute atomic E-state index is 11.9. The lowest BCUT2D eigenvalue weighted by Crippen LogP contribution is -2.11. The van der Waals surface area contributed by atoms with Gasteiger partial charge in [0.1, 0.15) is 5.76 Å². The van der Waals surface area contributed by atoms with Crippen molar-refractivity contribution in [1.82, 2.24) is 0 Å². The summed E-state index contributed by atoms with van der Waals surface area (Å²) < 4.78 is 5.76. The molecule has 1 aromatic carbocycles. The van der Waals surface area contributed by atoms with Gasteiger partial charge in [0, 0.05) is 10.2 Å². The lowest BCUT2D eigenvalue weighted by Gasteiger charge is -2.05. The quantitative estimate of drug-likeness (QED) is 0.793. The Labute approximate surface area is 122 Å². The third kappa shape index (κ3) is 3.25. The lowest BCUT2D eigenvalue weighted by molar-refractivity contribution is 0.0696. The first kappa shape index (κ1) is 14.3. The van der Waals surface area contributed by atoms with E-state index in [0.29, 0.717) is 15.9 Å². The maximum atomic E-state index is 11.9. The molecule has 0 unspecified atom stereocenters. The van der Waals surface area contributed by atoms with Gasteiger partial charge in [0.15, 0.2) is 5.76 Å². The number of amides is 1. The number of nitrogens with two attached hydrogens (primary N) is 1. The Morgan fingerprint density at radius 3 is 2.65 bits per heavy atom. The van der Waals surface area contributed by atoms with E-state index in [1.807, 2.05) is 0 Å². The number of carbonyl (C=O) groups excluding carboxylic acids is 1. The number of hydrogen-bond donors (Lipinski definition) is 3. The second-order valence-corrected chi connectivity index (χ2v) is 4.87. The first-order valence-electron chi connectivity index (χ1n) is 5.63. The molecular formula is C13H11BrN2O4. The van der Waals surface area contributed by atoms with Crippen LogP contribution in [0.15, 0.2) is 39.2 Å². The lowest BCUT2D eigenvalue weighted by atomic mass is 10.2. The predicted molar refractivity (Wildman–Crippen MR) is 75.7 cm³/mol. The van der Waals surface area contributed by atoms with Crippen LogP contribution in [-0.4, -0.2) is 17.0 Å². The number of carboxylic acid groups (broad SMARTS) is 1. The average molecular weight is 339 g/mol. The second-order valence-electron chi connectivity index (χ2n) is 3.96. The standard InChI is InChI=1S/C13H11BrN2O4/c14-8-3-7(13(18)19)4-9(5-8)16-12(17)11-2-1-10(6-15)20-11/h1-5H,6,15H2,(H,16,17)(H,18,19). The molecule has 0 aliphatic heterocycles. The average Bonchev–Trinajstić information content (AvgIpc) is 2.86. The minimum atomic E-state index is -1.08. The molecule has 0 saturated heterocycles. The van der Waals surface area contributed by atoms with Crippen LogP contribution in [0.3, 0.4) is 0 Å². The molecule has 0 saturated carbocycles. The van der Waals surface area contributed by atoms with Gasteiger partial charge in [0.05, 0.1) is 12.1 Å². The van der Waals surface area contributed by atoms with E-state index in [4.69, 9.17) is 15.3 Å². The number of furan rings is 1. The smallest absolute Gasteiger partial charge is 0.335 e. The van der Waals surface area contributed by atoms with Crippen LogP contribution in [0.25, 0.3) is 0 Å². The molecule has 1 heterocycles. The Morgan fingerprint density at radius 1 is 1.30 bits per heavy atom. The van der Waals surface area contributed by atoms with E-state index in [0.717, 1.165) is 0 Å². The molecule has 0 fully saturated rings. The number of rotatable bonds is 4. The number of anilines is 1. The van der Waals surface area contributed by atoms with Crippen molar-refractivity contribution < 1.29 is 19.1 Å². The van der Waals surface area contributed by atoms with Crippen LogP contribution in [0.5, 0.6) is 0 Å². The SMILES string of the molecule is NCc1ccc(C(=O)Nc2cc(Br)cc(C(=O)O)c2)o1. The van der Waals surface area contributed by atoms with Gasteiger partial charge in [-0.05, 0) is 30.3 Å². The third-order valence-corrected chi connectivity index (χ3v) is 2.95. The number of hydrogen-bond acceptors (Lipinski definition) is 4.